The van der Waals surface area contributed by atoms with E-state index in [0.29, 0.717) is 0 Å². The van der Waals surface area contributed by atoms with Gasteiger partial charge in [0.15, 0.2) is 0 Å². The lowest BCUT2D eigenvalue weighted by atomic mass is 10.2. The number of nitrogens with zero attached hydrogens (tertiary/aromatic N) is 1. The average molecular weight is 201 g/mol. The van der Waals surface area contributed by atoms with Crippen LogP contribution in [-0.4, -0.2) is 21.2 Å². The largest absolute Gasteiger partial charge is 0.479 e. The molecule has 13 heavy (non-hydrogen) atoms. The van der Waals surface area contributed by atoms with Crippen molar-refractivity contribution in [2.45, 2.75) is 25.9 Å². The fourth-order valence-corrected chi connectivity index (χ4v) is 1.75. The smallest absolute Gasteiger partial charge is 0.339 e. The lowest BCUT2D eigenvalue weighted by Crippen LogP contribution is -2.10. The van der Waals surface area contributed by atoms with Crippen molar-refractivity contribution in [1.29, 1.82) is 0 Å². The summed E-state index contributed by atoms with van der Waals surface area (Å²) in [6.07, 6.45) is -1.49. The molecule has 1 atom stereocenters. The summed E-state index contributed by atoms with van der Waals surface area (Å²) in [4.78, 5) is 14.4. The Labute approximate surface area is 79.9 Å². The number of aliphatic carboxylic acids is 1. The molecule has 0 aliphatic carbocycles. The third kappa shape index (κ3) is 2.26. The highest BCUT2D eigenvalue weighted by molar-refractivity contribution is 7.09. The molecule has 0 amide bonds. The zero-order chi connectivity index (χ0) is 10.0. The molecule has 1 heterocycles. The van der Waals surface area contributed by atoms with E-state index >= 15 is 0 Å². The van der Waals surface area contributed by atoms with Crippen LogP contribution in [-0.2, 0) is 4.79 Å². The summed E-state index contributed by atoms with van der Waals surface area (Å²) in [5, 5.41) is 19.7. The Bertz CT molecular complexity index is 308. The van der Waals surface area contributed by atoms with Gasteiger partial charge in [0.25, 0.3) is 0 Å². The molecule has 72 valence electrons. The van der Waals surface area contributed by atoms with Crippen molar-refractivity contribution in [2.24, 2.45) is 0 Å². The number of aliphatic hydroxyl groups excluding tert-OH is 1. The summed E-state index contributed by atoms with van der Waals surface area (Å²) in [6, 6.07) is 0. The van der Waals surface area contributed by atoms with Gasteiger partial charge in [-0.05, 0) is 5.92 Å². The van der Waals surface area contributed by atoms with Crippen LogP contribution in [0.4, 0.5) is 0 Å². The number of carboxylic acids is 1. The van der Waals surface area contributed by atoms with Crippen LogP contribution in [0.25, 0.3) is 0 Å². The normalized spacial score (nSPS) is 13.2. The van der Waals surface area contributed by atoms with Crippen molar-refractivity contribution < 1.29 is 15.0 Å². The van der Waals surface area contributed by atoms with Crippen molar-refractivity contribution in [3.8, 4) is 0 Å². The molecule has 2 N–H and O–H groups in total. The van der Waals surface area contributed by atoms with Crippen molar-refractivity contribution in [3.05, 3.63) is 16.1 Å². The van der Waals surface area contributed by atoms with Gasteiger partial charge in [0.05, 0.1) is 5.69 Å². The number of thiazole rings is 1. The van der Waals surface area contributed by atoms with Crippen LogP contribution >= 0.6 is 11.3 Å². The summed E-state index contributed by atoms with van der Waals surface area (Å²) in [5.41, 5.74) is 0.820. The van der Waals surface area contributed by atoms with Gasteiger partial charge in [0.1, 0.15) is 5.01 Å². The highest BCUT2D eigenvalue weighted by Gasteiger charge is 2.20. The first kappa shape index (κ1) is 10.1. The molecule has 4 nitrogen and oxygen atoms in total. The number of carbonyl (C=O) groups is 1. The van der Waals surface area contributed by atoms with Gasteiger partial charge in [0.2, 0.25) is 6.10 Å². The van der Waals surface area contributed by atoms with E-state index in [9.17, 15) is 4.79 Å². The van der Waals surface area contributed by atoms with Crippen LogP contribution in [0.5, 0.6) is 0 Å². The van der Waals surface area contributed by atoms with Crippen LogP contribution in [0.2, 0.25) is 0 Å². The second kappa shape index (κ2) is 3.85. The van der Waals surface area contributed by atoms with Gasteiger partial charge in [-0.15, -0.1) is 11.3 Å². The van der Waals surface area contributed by atoms with Gasteiger partial charge in [0, 0.05) is 5.38 Å². The van der Waals surface area contributed by atoms with E-state index in [2.05, 4.69) is 4.98 Å². The van der Waals surface area contributed by atoms with Gasteiger partial charge in [-0.25, -0.2) is 9.78 Å². The van der Waals surface area contributed by atoms with E-state index < -0.39 is 12.1 Å². The molecule has 1 aromatic rings. The predicted octanol–water partition coefficient (Wildman–Crippen LogP) is 1.38. The fraction of sp³-hybridized carbons (Fsp3) is 0.500. The summed E-state index contributed by atoms with van der Waals surface area (Å²) in [7, 11) is 0. The van der Waals surface area contributed by atoms with Crippen molar-refractivity contribution in [3.63, 3.8) is 0 Å². The predicted molar refractivity (Wildman–Crippen MR) is 48.8 cm³/mol. The maximum atomic E-state index is 10.4. The Hall–Kier alpha value is -0.940. The number of aliphatic hydroxyl groups is 1. The molecule has 1 unspecified atom stereocenters. The molecular weight excluding hydrogens is 190 g/mol. The number of rotatable bonds is 3. The molecule has 0 radical (unpaired) electrons. The summed E-state index contributed by atoms with van der Waals surface area (Å²) < 4.78 is 0. The molecular formula is C8H11NO3S. The van der Waals surface area contributed by atoms with E-state index in [-0.39, 0.29) is 10.9 Å². The quantitative estimate of drug-likeness (QED) is 0.775. The Morgan fingerprint density at radius 1 is 1.62 bits per heavy atom. The third-order valence-electron chi connectivity index (χ3n) is 1.60. The van der Waals surface area contributed by atoms with E-state index in [1.807, 2.05) is 13.8 Å². The zero-order valence-corrected chi connectivity index (χ0v) is 8.21. The molecule has 0 aliphatic heterocycles. The van der Waals surface area contributed by atoms with Gasteiger partial charge in [-0.2, -0.15) is 0 Å². The molecule has 5 heteroatoms. The van der Waals surface area contributed by atoms with Crippen molar-refractivity contribution in [1.82, 2.24) is 4.98 Å². The Morgan fingerprint density at radius 2 is 2.23 bits per heavy atom. The van der Waals surface area contributed by atoms with Gasteiger partial charge >= 0.3 is 5.97 Å². The lowest BCUT2D eigenvalue weighted by molar-refractivity contribution is -0.146. The van der Waals surface area contributed by atoms with E-state index in [1.165, 1.54) is 11.3 Å². The van der Waals surface area contributed by atoms with Gasteiger partial charge in [-0.1, -0.05) is 13.8 Å². The van der Waals surface area contributed by atoms with Crippen molar-refractivity contribution in [2.75, 3.05) is 0 Å². The number of hydrogen-bond acceptors (Lipinski definition) is 4. The number of carboxylic acid groups (broad SMARTS) is 1. The Balaban J connectivity index is 2.85. The molecule has 0 saturated heterocycles. The minimum Gasteiger partial charge on any atom is -0.479 e. The fourth-order valence-electron chi connectivity index (χ4n) is 0.797. The van der Waals surface area contributed by atoms with Crippen LogP contribution in [0, 0.1) is 0 Å². The Morgan fingerprint density at radius 3 is 2.62 bits per heavy atom. The van der Waals surface area contributed by atoms with E-state index in [0.717, 1.165) is 5.69 Å². The minimum atomic E-state index is -1.49. The zero-order valence-electron chi connectivity index (χ0n) is 7.39. The third-order valence-corrected chi connectivity index (χ3v) is 2.51. The van der Waals surface area contributed by atoms with Gasteiger partial charge < -0.3 is 10.2 Å². The maximum Gasteiger partial charge on any atom is 0.339 e. The van der Waals surface area contributed by atoms with Crippen LogP contribution in [0.15, 0.2) is 5.38 Å². The van der Waals surface area contributed by atoms with E-state index in [1.54, 1.807) is 5.38 Å². The summed E-state index contributed by atoms with van der Waals surface area (Å²) >= 11 is 1.17. The monoisotopic (exact) mass is 201 g/mol. The topological polar surface area (TPSA) is 70.4 Å². The number of hydrogen-bond donors (Lipinski definition) is 2. The molecule has 1 rings (SSSR count). The van der Waals surface area contributed by atoms with Crippen LogP contribution in [0.3, 0.4) is 0 Å². The lowest BCUT2D eigenvalue weighted by Gasteiger charge is -2.00. The molecule has 0 aliphatic rings. The van der Waals surface area contributed by atoms with Crippen molar-refractivity contribution >= 4 is 17.3 Å². The van der Waals surface area contributed by atoms with Crippen LogP contribution in [0.1, 0.15) is 36.6 Å². The summed E-state index contributed by atoms with van der Waals surface area (Å²) in [5.74, 6) is -1.00. The molecule has 0 aromatic carbocycles. The standard InChI is InChI=1S/C8H11NO3S/c1-4(2)5-3-13-7(9-5)6(10)8(11)12/h3-4,6,10H,1-2H3,(H,11,12). The molecule has 0 bridgehead atoms. The molecule has 0 spiro atoms. The first-order chi connectivity index (χ1) is 6.02. The molecule has 1 aromatic heterocycles. The van der Waals surface area contributed by atoms with Crippen LogP contribution < -0.4 is 0 Å². The Kier molecular flexibility index (Phi) is 3.00. The number of aromatic nitrogens is 1. The first-order valence-corrected chi connectivity index (χ1v) is 4.76. The minimum absolute atomic E-state index is 0.246. The average Bonchev–Trinajstić information content (AvgIpc) is 2.50. The van der Waals surface area contributed by atoms with E-state index in [4.69, 9.17) is 10.2 Å². The maximum absolute atomic E-state index is 10.4. The molecule has 0 fully saturated rings. The second-order valence-electron chi connectivity index (χ2n) is 3.01. The second-order valence-corrected chi connectivity index (χ2v) is 3.90. The summed E-state index contributed by atoms with van der Waals surface area (Å²) in [6.45, 7) is 3.93. The van der Waals surface area contributed by atoms with Gasteiger partial charge in [-0.3, -0.25) is 0 Å². The SMILES string of the molecule is CC(C)c1csc(C(O)C(=O)O)n1. The highest BCUT2D eigenvalue weighted by atomic mass is 32.1. The highest BCUT2D eigenvalue weighted by Crippen LogP contribution is 2.22. The molecule has 0 saturated carbocycles. The first-order valence-electron chi connectivity index (χ1n) is 3.88.